The molecule has 2 rings (SSSR count). The summed E-state index contributed by atoms with van der Waals surface area (Å²) in [5, 5.41) is 6.46. The first-order valence-electron chi connectivity index (χ1n) is 6.71. The Morgan fingerprint density at radius 1 is 1.47 bits per heavy atom. The summed E-state index contributed by atoms with van der Waals surface area (Å²) < 4.78 is 1.48. The Bertz CT molecular complexity index is 310. The fourth-order valence-electron chi connectivity index (χ4n) is 2.82. The number of nitrogens with one attached hydrogen (secondary N) is 1. The largest absolute Gasteiger partial charge is 0.316 e. The van der Waals surface area contributed by atoms with E-state index in [-0.39, 0.29) is 0 Å². The highest BCUT2D eigenvalue weighted by atomic mass is 32.2. The molecule has 3 heteroatoms. The van der Waals surface area contributed by atoms with Crippen LogP contribution in [-0.2, 0) is 0 Å². The van der Waals surface area contributed by atoms with E-state index in [4.69, 9.17) is 0 Å². The molecule has 0 spiro atoms. The summed E-state index contributed by atoms with van der Waals surface area (Å²) in [4.78, 5) is 0. The first kappa shape index (κ1) is 13.4. The van der Waals surface area contributed by atoms with Gasteiger partial charge in [0.1, 0.15) is 0 Å². The van der Waals surface area contributed by atoms with Gasteiger partial charge in [0.25, 0.3) is 0 Å². The van der Waals surface area contributed by atoms with Crippen LogP contribution in [0.3, 0.4) is 0 Å². The summed E-state index contributed by atoms with van der Waals surface area (Å²) in [6, 6.07) is 5.12. The molecule has 0 saturated heterocycles. The van der Waals surface area contributed by atoms with Gasteiger partial charge in [-0.3, -0.25) is 0 Å². The molecule has 1 fully saturated rings. The summed E-state index contributed by atoms with van der Waals surface area (Å²) in [5.41, 5.74) is 0. The quantitative estimate of drug-likeness (QED) is 0.850. The van der Waals surface area contributed by atoms with Crippen LogP contribution in [0.25, 0.3) is 0 Å². The van der Waals surface area contributed by atoms with Crippen LogP contribution >= 0.6 is 23.1 Å². The first-order valence-corrected chi connectivity index (χ1v) is 8.46. The lowest BCUT2D eigenvalue weighted by Gasteiger charge is -2.35. The van der Waals surface area contributed by atoms with E-state index in [1.54, 1.807) is 0 Å². The zero-order valence-electron chi connectivity index (χ0n) is 10.8. The maximum Gasteiger partial charge on any atom is 0.0601 e. The number of rotatable bonds is 5. The van der Waals surface area contributed by atoms with E-state index in [1.807, 2.05) is 11.3 Å². The molecule has 0 bridgehead atoms. The van der Waals surface area contributed by atoms with Gasteiger partial charge < -0.3 is 5.32 Å². The van der Waals surface area contributed by atoms with Gasteiger partial charge in [-0.2, -0.15) is 0 Å². The predicted molar refractivity (Wildman–Crippen MR) is 79.1 cm³/mol. The molecule has 1 aromatic rings. The van der Waals surface area contributed by atoms with Crippen molar-refractivity contribution >= 4 is 23.1 Å². The van der Waals surface area contributed by atoms with Gasteiger partial charge in [-0.25, -0.2) is 0 Å². The van der Waals surface area contributed by atoms with Gasteiger partial charge in [-0.05, 0) is 43.7 Å². The zero-order valence-corrected chi connectivity index (χ0v) is 12.4. The summed E-state index contributed by atoms with van der Waals surface area (Å²) in [7, 11) is 2.12. The maximum atomic E-state index is 3.51. The average Bonchev–Trinajstić information content (AvgIpc) is 2.83. The van der Waals surface area contributed by atoms with Gasteiger partial charge >= 0.3 is 0 Å². The van der Waals surface area contributed by atoms with Crippen LogP contribution in [0.15, 0.2) is 21.7 Å². The molecule has 1 aromatic heterocycles. The molecular weight excluding hydrogens is 246 g/mol. The summed E-state index contributed by atoms with van der Waals surface area (Å²) in [6.45, 7) is 2.31. The van der Waals surface area contributed by atoms with Gasteiger partial charge in [0, 0.05) is 11.3 Å². The molecule has 3 unspecified atom stereocenters. The minimum atomic E-state index is 0.704. The molecule has 1 heterocycles. The zero-order chi connectivity index (χ0) is 12.1. The highest BCUT2D eigenvalue weighted by molar-refractivity contribution is 8.01. The molecule has 3 atom stereocenters. The Morgan fingerprint density at radius 3 is 3.00 bits per heavy atom. The van der Waals surface area contributed by atoms with Crippen molar-refractivity contribution in [1.29, 1.82) is 0 Å². The third-order valence-electron chi connectivity index (χ3n) is 3.73. The Labute approximate surface area is 113 Å². The van der Waals surface area contributed by atoms with Crippen molar-refractivity contribution < 1.29 is 0 Å². The van der Waals surface area contributed by atoms with Crippen molar-refractivity contribution in [2.45, 2.75) is 54.5 Å². The van der Waals surface area contributed by atoms with E-state index in [1.165, 1.54) is 36.3 Å². The monoisotopic (exact) mass is 269 g/mol. The van der Waals surface area contributed by atoms with Crippen LogP contribution in [0.1, 0.15) is 39.0 Å². The van der Waals surface area contributed by atoms with Crippen LogP contribution in [0.5, 0.6) is 0 Å². The Hall–Kier alpha value is 0.01000. The molecule has 1 aliphatic carbocycles. The number of hydrogen-bond acceptors (Lipinski definition) is 3. The lowest BCUT2D eigenvalue weighted by molar-refractivity contribution is 0.295. The lowest BCUT2D eigenvalue weighted by Crippen LogP contribution is -2.40. The molecule has 1 N–H and O–H groups in total. The normalized spacial score (nSPS) is 29.4. The lowest BCUT2D eigenvalue weighted by atomic mass is 9.83. The van der Waals surface area contributed by atoms with Crippen LogP contribution < -0.4 is 5.32 Å². The van der Waals surface area contributed by atoms with E-state index in [2.05, 4.69) is 48.6 Å². The Balaban J connectivity index is 1.94. The van der Waals surface area contributed by atoms with Gasteiger partial charge in [-0.1, -0.05) is 25.8 Å². The fourth-order valence-corrected chi connectivity index (χ4v) is 5.29. The highest BCUT2D eigenvalue weighted by Crippen LogP contribution is 2.39. The molecule has 1 saturated carbocycles. The van der Waals surface area contributed by atoms with Crippen LogP contribution in [0.4, 0.5) is 0 Å². The van der Waals surface area contributed by atoms with Crippen molar-refractivity contribution in [3.8, 4) is 0 Å². The van der Waals surface area contributed by atoms with E-state index in [0.717, 1.165) is 11.2 Å². The molecule has 0 amide bonds. The highest BCUT2D eigenvalue weighted by Gasteiger charge is 2.29. The fraction of sp³-hybridized carbons (Fsp3) is 0.714. The number of hydrogen-bond donors (Lipinski definition) is 1. The summed E-state index contributed by atoms with van der Waals surface area (Å²) >= 11 is 3.97. The molecule has 17 heavy (non-hydrogen) atoms. The van der Waals surface area contributed by atoms with Crippen molar-refractivity contribution in [3.63, 3.8) is 0 Å². The second-order valence-corrected chi connectivity index (χ2v) is 7.44. The van der Waals surface area contributed by atoms with Crippen LogP contribution in [0.2, 0.25) is 0 Å². The number of thiophene rings is 1. The molecule has 1 aliphatic rings. The van der Waals surface area contributed by atoms with Gasteiger partial charge in [0.15, 0.2) is 0 Å². The van der Waals surface area contributed by atoms with Crippen molar-refractivity contribution in [2.24, 2.45) is 5.92 Å². The first-order chi connectivity index (χ1) is 8.33. The van der Waals surface area contributed by atoms with Crippen molar-refractivity contribution in [2.75, 3.05) is 7.05 Å². The van der Waals surface area contributed by atoms with E-state index < -0.39 is 0 Å². The predicted octanol–water partition coefficient (Wildman–Crippen LogP) is 4.40. The molecule has 96 valence electrons. The summed E-state index contributed by atoms with van der Waals surface area (Å²) in [6.07, 6.45) is 6.91. The molecule has 0 aromatic carbocycles. The standard InChI is InChI=1S/C14H23NS2/c1-3-5-11-7-8-12(15-2)13(10-11)17-14-6-4-9-16-14/h4,6,9,11-13,15H,3,5,7-8,10H2,1-2H3. The van der Waals surface area contributed by atoms with E-state index >= 15 is 0 Å². The molecule has 1 nitrogen and oxygen atoms in total. The topological polar surface area (TPSA) is 12.0 Å². The van der Waals surface area contributed by atoms with Crippen molar-refractivity contribution in [1.82, 2.24) is 5.32 Å². The van der Waals surface area contributed by atoms with E-state index in [0.29, 0.717) is 6.04 Å². The Kier molecular flexibility index (Phi) is 5.39. The second-order valence-electron chi connectivity index (χ2n) is 4.95. The third kappa shape index (κ3) is 3.73. The Morgan fingerprint density at radius 2 is 2.35 bits per heavy atom. The maximum absolute atomic E-state index is 3.51. The summed E-state index contributed by atoms with van der Waals surface area (Å²) in [5.74, 6) is 0.960. The molecule has 0 aliphatic heterocycles. The SMILES string of the molecule is CCCC1CCC(NC)C(Sc2cccs2)C1. The second kappa shape index (κ2) is 6.81. The van der Waals surface area contributed by atoms with E-state index in [9.17, 15) is 0 Å². The molecular formula is C14H23NS2. The van der Waals surface area contributed by atoms with Gasteiger partial charge in [-0.15, -0.1) is 23.1 Å². The van der Waals surface area contributed by atoms with Gasteiger partial charge in [0.2, 0.25) is 0 Å². The van der Waals surface area contributed by atoms with Crippen molar-refractivity contribution in [3.05, 3.63) is 17.5 Å². The van der Waals surface area contributed by atoms with Gasteiger partial charge in [0.05, 0.1) is 4.21 Å². The minimum absolute atomic E-state index is 0.704. The third-order valence-corrected chi connectivity index (χ3v) is 6.16. The smallest absolute Gasteiger partial charge is 0.0601 e. The molecule has 0 radical (unpaired) electrons. The minimum Gasteiger partial charge on any atom is -0.316 e. The average molecular weight is 269 g/mol. The van der Waals surface area contributed by atoms with Crippen LogP contribution in [-0.4, -0.2) is 18.3 Å². The number of thioether (sulfide) groups is 1. The van der Waals surface area contributed by atoms with Crippen LogP contribution in [0, 0.1) is 5.92 Å².